The van der Waals surface area contributed by atoms with Crippen LogP contribution in [-0.4, -0.2) is 54.6 Å². The molecule has 0 saturated carbocycles. The highest BCUT2D eigenvalue weighted by Gasteiger charge is 2.39. The molecule has 3 N–H and O–H groups in total. The molecule has 0 aliphatic carbocycles. The van der Waals surface area contributed by atoms with Crippen molar-refractivity contribution in [3.63, 3.8) is 0 Å². The number of hydrogen-bond acceptors (Lipinski definition) is 8. The van der Waals surface area contributed by atoms with E-state index in [0.29, 0.717) is 19.6 Å². The van der Waals surface area contributed by atoms with E-state index in [9.17, 15) is 17.6 Å². The molecule has 1 fully saturated rings. The van der Waals surface area contributed by atoms with E-state index in [0.717, 1.165) is 19.4 Å². The third kappa shape index (κ3) is 5.79. The van der Waals surface area contributed by atoms with Crippen molar-refractivity contribution in [1.82, 2.24) is 15.0 Å². The number of pyridine rings is 1. The first kappa shape index (κ1) is 29.4. The molecule has 13 heteroatoms. The molecule has 8 nitrogen and oxygen atoms in total. The maximum Gasteiger partial charge on any atom is 0.417 e. The van der Waals surface area contributed by atoms with E-state index < -0.39 is 45.9 Å². The minimum Gasteiger partial charge on any atom is -0.463 e. The maximum atomic E-state index is 16.3. The number of hydrogen-bond donors (Lipinski definition) is 2. The Morgan fingerprint density at radius 2 is 1.98 bits per heavy atom. The normalized spacial score (nSPS) is 17.7. The monoisotopic (exact) mass is 566 g/mol. The summed E-state index contributed by atoms with van der Waals surface area (Å²) in [5.74, 6) is -2.17. The largest absolute Gasteiger partial charge is 0.463 e. The van der Waals surface area contributed by atoms with Crippen LogP contribution in [0.2, 0.25) is 0 Å². The standard InChI is InChI=1S/C27H31F5N6O2/c1-5-6-17-18-23(21(29)22(36-17)15-11-16(33)20(28)14(2)19(15)27(30,31)32)37-25(38-24(18)35-9-8-34-4)40-13-26(3)7-10-39-12-26/h8,11H,5-7,9-10,12-13,33H2,1-4H3,(H,35,37,38). The lowest BCUT2D eigenvalue weighted by atomic mass is 9.91. The number of aliphatic imine (C=N–C) groups is 1. The number of nitrogens with two attached hydrogens (primary N) is 1. The molecular formula is C27H31F5N6O2. The van der Waals surface area contributed by atoms with Gasteiger partial charge in [0.1, 0.15) is 22.8 Å². The molecule has 0 bridgehead atoms. The van der Waals surface area contributed by atoms with Crippen molar-refractivity contribution >= 4 is 28.6 Å². The van der Waals surface area contributed by atoms with Gasteiger partial charge < -0.3 is 20.5 Å². The number of ether oxygens (including phenoxy) is 2. The molecule has 1 atom stereocenters. The first-order chi connectivity index (χ1) is 18.9. The molecule has 2 aromatic heterocycles. The fraction of sp³-hybridized carbons (Fsp3) is 0.481. The molecule has 1 aliphatic heterocycles. The van der Waals surface area contributed by atoms with Crippen molar-refractivity contribution in [1.29, 1.82) is 0 Å². The number of alkyl halides is 3. The Bertz CT molecular complexity index is 1440. The van der Waals surface area contributed by atoms with E-state index in [1.54, 1.807) is 13.3 Å². The molecule has 4 rings (SSSR count). The predicted octanol–water partition coefficient (Wildman–Crippen LogP) is 5.75. The number of aryl methyl sites for hydroxylation is 1. The zero-order chi connectivity index (χ0) is 29.2. The minimum absolute atomic E-state index is 0.166. The van der Waals surface area contributed by atoms with Gasteiger partial charge in [0.25, 0.3) is 0 Å². The van der Waals surface area contributed by atoms with Crippen LogP contribution < -0.4 is 15.8 Å². The van der Waals surface area contributed by atoms with Crippen LogP contribution in [0.4, 0.5) is 33.5 Å². The number of aromatic nitrogens is 3. The highest BCUT2D eigenvalue weighted by atomic mass is 19.4. The van der Waals surface area contributed by atoms with Crippen molar-refractivity contribution in [2.24, 2.45) is 10.4 Å². The van der Waals surface area contributed by atoms with Crippen LogP contribution in [-0.2, 0) is 17.3 Å². The summed E-state index contributed by atoms with van der Waals surface area (Å²) in [6, 6.07) is 0.593. The Labute approximate surface area is 228 Å². The number of nitrogens with zero attached hydrogens (tertiary/aromatic N) is 4. The average Bonchev–Trinajstić information content (AvgIpc) is 3.33. The van der Waals surface area contributed by atoms with Gasteiger partial charge in [0.05, 0.1) is 42.1 Å². The van der Waals surface area contributed by atoms with Gasteiger partial charge in [-0.1, -0.05) is 20.3 Å². The Kier molecular flexibility index (Phi) is 8.43. The molecule has 3 heterocycles. The molecule has 0 spiro atoms. The van der Waals surface area contributed by atoms with Crippen molar-refractivity contribution in [3.05, 3.63) is 34.5 Å². The van der Waals surface area contributed by atoms with E-state index >= 15 is 4.39 Å². The topological polar surface area (TPSA) is 108 Å². The number of fused-ring (bicyclic) bond motifs is 1. The molecule has 216 valence electrons. The summed E-state index contributed by atoms with van der Waals surface area (Å²) in [6.07, 6.45) is -1.88. The van der Waals surface area contributed by atoms with E-state index in [1.807, 2.05) is 13.8 Å². The highest BCUT2D eigenvalue weighted by molar-refractivity contribution is 5.95. The van der Waals surface area contributed by atoms with Crippen LogP contribution in [0.1, 0.15) is 43.5 Å². The van der Waals surface area contributed by atoms with Gasteiger partial charge in [0.2, 0.25) is 0 Å². The molecule has 1 aliphatic rings. The summed E-state index contributed by atoms with van der Waals surface area (Å²) in [5, 5.41) is 3.26. The summed E-state index contributed by atoms with van der Waals surface area (Å²) >= 11 is 0. The fourth-order valence-corrected chi connectivity index (χ4v) is 4.68. The van der Waals surface area contributed by atoms with E-state index in [-0.39, 0.29) is 53.4 Å². The Morgan fingerprint density at radius 3 is 2.60 bits per heavy atom. The third-order valence-corrected chi connectivity index (χ3v) is 6.79. The lowest BCUT2D eigenvalue weighted by molar-refractivity contribution is -0.137. The zero-order valence-corrected chi connectivity index (χ0v) is 22.7. The van der Waals surface area contributed by atoms with Crippen LogP contribution in [0.25, 0.3) is 22.2 Å². The number of rotatable bonds is 9. The summed E-state index contributed by atoms with van der Waals surface area (Å²) in [6.45, 7) is 6.22. The summed E-state index contributed by atoms with van der Waals surface area (Å²) in [7, 11) is 1.59. The number of benzene rings is 1. The van der Waals surface area contributed by atoms with E-state index in [4.69, 9.17) is 15.2 Å². The third-order valence-electron chi connectivity index (χ3n) is 6.79. The van der Waals surface area contributed by atoms with Crippen LogP contribution in [0.15, 0.2) is 11.1 Å². The van der Waals surface area contributed by atoms with Gasteiger partial charge in [-0.25, -0.2) is 13.8 Å². The number of nitrogen functional groups attached to an aromatic ring is 1. The van der Waals surface area contributed by atoms with Crippen LogP contribution in [0, 0.1) is 24.0 Å². The first-order valence-electron chi connectivity index (χ1n) is 12.8. The highest BCUT2D eigenvalue weighted by Crippen LogP contribution is 2.43. The van der Waals surface area contributed by atoms with E-state index in [1.165, 1.54) is 0 Å². The Morgan fingerprint density at radius 1 is 1.23 bits per heavy atom. The number of halogens is 5. The lowest BCUT2D eigenvalue weighted by Gasteiger charge is -2.22. The average molecular weight is 567 g/mol. The van der Waals surface area contributed by atoms with Crippen molar-refractivity contribution < 1.29 is 31.4 Å². The van der Waals surface area contributed by atoms with Crippen molar-refractivity contribution in [2.45, 2.75) is 46.2 Å². The van der Waals surface area contributed by atoms with Gasteiger partial charge in [0.15, 0.2) is 5.82 Å². The first-order valence-corrected chi connectivity index (χ1v) is 12.8. The SMILES string of the molecule is CCCc1nc(-c2cc(N)c(F)c(C)c2C(F)(F)F)c(F)c2nc(OCC3(C)CCOC3)nc(NCC=NC)c12. The smallest absolute Gasteiger partial charge is 0.417 e. The Balaban J connectivity index is 1.99. The number of nitrogens with one attached hydrogen (secondary N) is 1. The van der Waals surface area contributed by atoms with E-state index in [2.05, 4.69) is 25.3 Å². The molecule has 1 aromatic carbocycles. The fourth-order valence-electron chi connectivity index (χ4n) is 4.68. The predicted molar refractivity (Wildman–Crippen MR) is 143 cm³/mol. The van der Waals surface area contributed by atoms with Gasteiger partial charge in [-0.2, -0.15) is 23.1 Å². The van der Waals surface area contributed by atoms with Gasteiger partial charge in [-0.3, -0.25) is 4.99 Å². The minimum atomic E-state index is -5.01. The molecular weight excluding hydrogens is 535 g/mol. The van der Waals surface area contributed by atoms with Gasteiger partial charge in [-0.15, -0.1) is 0 Å². The Hall–Kier alpha value is -3.61. The summed E-state index contributed by atoms with van der Waals surface area (Å²) < 4.78 is 84.5. The van der Waals surface area contributed by atoms with Crippen LogP contribution in [0.3, 0.4) is 0 Å². The molecule has 40 heavy (non-hydrogen) atoms. The molecule has 1 saturated heterocycles. The van der Waals surface area contributed by atoms with Gasteiger partial charge in [0, 0.05) is 30.8 Å². The zero-order valence-electron chi connectivity index (χ0n) is 22.7. The van der Waals surface area contributed by atoms with Gasteiger partial charge >= 0.3 is 12.2 Å². The summed E-state index contributed by atoms with van der Waals surface area (Å²) in [4.78, 5) is 17.0. The molecule has 0 amide bonds. The van der Waals surface area contributed by atoms with Crippen molar-refractivity contribution in [2.75, 3.05) is 44.5 Å². The molecule has 3 aromatic rings. The lowest BCUT2D eigenvalue weighted by Crippen LogP contribution is -2.26. The summed E-state index contributed by atoms with van der Waals surface area (Å²) in [5.41, 5.74) is 1.39. The van der Waals surface area contributed by atoms with Crippen molar-refractivity contribution in [3.8, 4) is 17.3 Å². The second kappa shape index (κ2) is 11.5. The second-order valence-corrected chi connectivity index (χ2v) is 10.1. The second-order valence-electron chi connectivity index (χ2n) is 10.1. The quantitative estimate of drug-likeness (QED) is 0.193. The van der Waals surface area contributed by atoms with Crippen LogP contribution in [0.5, 0.6) is 6.01 Å². The van der Waals surface area contributed by atoms with Gasteiger partial charge in [-0.05, 0) is 31.4 Å². The van der Waals surface area contributed by atoms with Crippen LogP contribution >= 0.6 is 0 Å². The number of anilines is 2. The molecule has 0 radical (unpaired) electrons. The molecule has 1 unspecified atom stereocenters. The maximum absolute atomic E-state index is 16.3.